The highest BCUT2D eigenvalue weighted by Gasteiger charge is 2.21. The summed E-state index contributed by atoms with van der Waals surface area (Å²) in [5.41, 5.74) is 8.24. The number of nitrogens with zero attached hydrogens (tertiary/aromatic N) is 2. The third kappa shape index (κ3) is 3.06. The average molecular weight is 224 g/mol. The van der Waals surface area contributed by atoms with Gasteiger partial charge in [-0.25, -0.2) is 0 Å². The maximum atomic E-state index is 5.66. The van der Waals surface area contributed by atoms with Crippen LogP contribution in [0.3, 0.4) is 0 Å². The SMILES string of the molecule is CC(CN)N(C)Cc1cn[nH]c1C(C)(C)C. The largest absolute Gasteiger partial charge is 0.329 e. The maximum absolute atomic E-state index is 5.66. The first-order chi connectivity index (χ1) is 7.36. The summed E-state index contributed by atoms with van der Waals surface area (Å²) >= 11 is 0. The molecule has 3 N–H and O–H groups in total. The Kier molecular flexibility index (Phi) is 4.10. The van der Waals surface area contributed by atoms with Crippen LogP contribution in [0.1, 0.15) is 39.0 Å². The van der Waals surface area contributed by atoms with Gasteiger partial charge in [-0.2, -0.15) is 5.10 Å². The number of likely N-dealkylation sites (N-methyl/N-ethyl adjacent to an activating group) is 1. The second-order valence-corrected chi connectivity index (χ2v) is 5.52. The van der Waals surface area contributed by atoms with Crippen LogP contribution >= 0.6 is 0 Å². The highest BCUT2D eigenvalue weighted by molar-refractivity contribution is 5.23. The Morgan fingerprint density at radius 3 is 2.62 bits per heavy atom. The quantitative estimate of drug-likeness (QED) is 0.814. The minimum Gasteiger partial charge on any atom is -0.329 e. The van der Waals surface area contributed by atoms with Crippen LogP contribution in [0.15, 0.2) is 6.20 Å². The summed E-state index contributed by atoms with van der Waals surface area (Å²) in [6.45, 7) is 10.3. The van der Waals surface area contributed by atoms with Crippen LogP contribution in [0.2, 0.25) is 0 Å². The molecule has 4 heteroatoms. The molecule has 0 aliphatic rings. The number of aromatic nitrogens is 2. The molecular weight excluding hydrogens is 200 g/mol. The topological polar surface area (TPSA) is 57.9 Å². The van der Waals surface area contributed by atoms with Crippen molar-refractivity contribution in [1.82, 2.24) is 15.1 Å². The van der Waals surface area contributed by atoms with E-state index < -0.39 is 0 Å². The smallest absolute Gasteiger partial charge is 0.0535 e. The Morgan fingerprint density at radius 2 is 2.12 bits per heavy atom. The molecular formula is C12H24N4. The Morgan fingerprint density at radius 1 is 1.50 bits per heavy atom. The van der Waals surface area contributed by atoms with Crippen molar-refractivity contribution in [2.45, 2.75) is 45.7 Å². The lowest BCUT2D eigenvalue weighted by atomic mass is 9.89. The molecule has 1 rings (SSSR count). The highest BCUT2D eigenvalue weighted by atomic mass is 15.2. The summed E-state index contributed by atoms with van der Waals surface area (Å²) in [4.78, 5) is 2.25. The number of H-pyrrole nitrogens is 1. The van der Waals surface area contributed by atoms with Crippen molar-refractivity contribution < 1.29 is 0 Å². The summed E-state index contributed by atoms with van der Waals surface area (Å²) in [5, 5.41) is 7.24. The lowest BCUT2D eigenvalue weighted by Crippen LogP contribution is -2.35. The summed E-state index contributed by atoms with van der Waals surface area (Å²) in [6.07, 6.45) is 1.92. The second kappa shape index (κ2) is 4.97. The molecule has 0 radical (unpaired) electrons. The number of aromatic amines is 1. The molecule has 0 spiro atoms. The van der Waals surface area contributed by atoms with Gasteiger partial charge < -0.3 is 5.73 Å². The minimum atomic E-state index is 0.110. The van der Waals surface area contributed by atoms with Gasteiger partial charge in [0.15, 0.2) is 0 Å². The maximum Gasteiger partial charge on any atom is 0.0535 e. The Hall–Kier alpha value is -0.870. The molecule has 16 heavy (non-hydrogen) atoms. The predicted molar refractivity (Wildman–Crippen MR) is 67.3 cm³/mol. The molecule has 1 heterocycles. The normalized spacial score (nSPS) is 14.4. The molecule has 0 saturated carbocycles. The number of nitrogens with two attached hydrogens (primary N) is 1. The van der Waals surface area contributed by atoms with Crippen LogP contribution in [0.25, 0.3) is 0 Å². The Bertz CT molecular complexity index is 324. The minimum absolute atomic E-state index is 0.110. The fourth-order valence-electron chi connectivity index (χ4n) is 1.68. The zero-order valence-corrected chi connectivity index (χ0v) is 11.0. The van der Waals surface area contributed by atoms with Gasteiger partial charge in [0, 0.05) is 35.8 Å². The van der Waals surface area contributed by atoms with Crippen molar-refractivity contribution in [2.24, 2.45) is 5.73 Å². The number of hydrogen-bond donors (Lipinski definition) is 2. The number of hydrogen-bond acceptors (Lipinski definition) is 3. The van der Waals surface area contributed by atoms with Crippen LogP contribution in [0.4, 0.5) is 0 Å². The summed E-state index contributed by atoms with van der Waals surface area (Å²) in [7, 11) is 2.09. The summed E-state index contributed by atoms with van der Waals surface area (Å²) < 4.78 is 0. The van der Waals surface area contributed by atoms with E-state index in [0.717, 1.165) is 6.54 Å². The first kappa shape index (κ1) is 13.2. The lowest BCUT2D eigenvalue weighted by molar-refractivity contribution is 0.253. The van der Waals surface area contributed by atoms with E-state index in [2.05, 4.69) is 49.8 Å². The van der Waals surface area contributed by atoms with Crippen LogP contribution in [-0.4, -0.2) is 34.7 Å². The third-order valence-corrected chi connectivity index (χ3v) is 2.98. The van der Waals surface area contributed by atoms with Crippen molar-refractivity contribution in [1.29, 1.82) is 0 Å². The van der Waals surface area contributed by atoms with Gasteiger partial charge in [-0.15, -0.1) is 0 Å². The fourth-order valence-corrected chi connectivity index (χ4v) is 1.68. The summed E-state index contributed by atoms with van der Waals surface area (Å²) in [6, 6.07) is 0.391. The molecule has 92 valence electrons. The van der Waals surface area contributed by atoms with Gasteiger partial charge in [-0.05, 0) is 14.0 Å². The van der Waals surface area contributed by atoms with Crippen molar-refractivity contribution >= 4 is 0 Å². The molecule has 0 aromatic carbocycles. The fraction of sp³-hybridized carbons (Fsp3) is 0.750. The standard InChI is InChI=1S/C12H24N4/c1-9(6-13)16(5)8-10-7-14-15-11(10)12(2,3)4/h7,9H,6,8,13H2,1-5H3,(H,14,15). The van der Waals surface area contributed by atoms with E-state index in [4.69, 9.17) is 5.73 Å². The van der Waals surface area contributed by atoms with E-state index in [9.17, 15) is 0 Å². The van der Waals surface area contributed by atoms with Gasteiger partial charge in [-0.1, -0.05) is 20.8 Å². The number of rotatable bonds is 4. The summed E-state index contributed by atoms with van der Waals surface area (Å²) in [5.74, 6) is 0. The molecule has 0 amide bonds. The Labute approximate surface area is 98.2 Å². The molecule has 1 aromatic heterocycles. The molecule has 1 aromatic rings. The van der Waals surface area contributed by atoms with Crippen molar-refractivity contribution in [3.63, 3.8) is 0 Å². The van der Waals surface area contributed by atoms with E-state index in [-0.39, 0.29) is 5.41 Å². The first-order valence-electron chi connectivity index (χ1n) is 5.79. The van der Waals surface area contributed by atoms with Crippen LogP contribution in [0.5, 0.6) is 0 Å². The molecule has 0 aliphatic carbocycles. The van der Waals surface area contributed by atoms with Crippen LogP contribution in [0, 0.1) is 0 Å². The van der Waals surface area contributed by atoms with Gasteiger partial charge in [0.1, 0.15) is 0 Å². The van der Waals surface area contributed by atoms with E-state index in [1.165, 1.54) is 11.3 Å². The molecule has 1 unspecified atom stereocenters. The molecule has 0 bridgehead atoms. The molecule has 4 nitrogen and oxygen atoms in total. The van der Waals surface area contributed by atoms with E-state index >= 15 is 0 Å². The molecule has 0 saturated heterocycles. The monoisotopic (exact) mass is 224 g/mol. The van der Waals surface area contributed by atoms with Gasteiger partial charge in [0.05, 0.1) is 6.20 Å². The predicted octanol–water partition coefficient (Wildman–Crippen LogP) is 1.49. The van der Waals surface area contributed by atoms with Crippen LogP contribution in [-0.2, 0) is 12.0 Å². The second-order valence-electron chi connectivity index (χ2n) is 5.52. The third-order valence-electron chi connectivity index (χ3n) is 2.98. The van der Waals surface area contributed by atoms with Crippen molar-refractivity contribution in [3.05, 3.63) is 17.5 Å². The van der Waals surface area contributed by atoms with Gasteiger partial charge in [0.25, 0.3) is 0 Å². The first-order valence-corrected chi connectivity index (χ1v) is 5.79. The Balaban J connectivity index is 2.79. The highest BCUT2D eigenvalue weighted by Crippen LogP contribution is 2.24. The van der Waals surface area contributed by atoms with Crippen LogP contribution < -0.4 is 5.73 Å². The van der Waals surface area contributed by atoms with Gasteiger partial charge in [0.2, 0.25) is 0 Å². The molecule has 1 atom stereocenters. The average Bonchev–Trinajstić information content (AvgIpc) is 2.63. The van der Waals surface area contributed by atoms with Gasteiger partial charge in [-0.3, -0.25) is 10.00 Å². The number of nitrogens with one attached hydrogen (secondary N) is 1. The van der Waals surface area contributed by atoms with Crippen molar-refractivity contribution in [3.8, 4) is 0 Å². The molecule has 0 fully saturated rings. The zero-order chi connectivity index (χ0) is 12.3. The lowest BCUT2D eigenvalue weighted by Gasteiger charge is -2.25. The molecule has 0 aliphatic heterocycles. The van der Waals surface area contributed by atoms with E-state index in [0.29, 0.717) is 12.6 Å². The van der Waals surface area contributed by atoms with Gasteiger partial charge >= 0.3 is 0 Å². The zero-order valence-electron chi connectivity index (χ0n) is 11.0. The van der Waals surface area contributed by atoms with E-state index in [1.807, 2.05) is 6.20 Å². The van der Waals surface area contributed by atoms with E-state index in [1.54, 1.807) is 0 Å². The van der Waals surface area contributed by atoms with Crippen molar-refractivity contribution in [2.75, 3.05) is 13.6 Å².